The van der Waals surface area contributed by atoms with Gasteiger partial charge in [-0.15, -0.1) is 0 Å². The minimum absolute atomic E-state index is 0.111. The van der Waals surface area contributed by atoms with Crippen LogP contribution in [0.15, 0.2) is 47.5 Å². The predicted molar refractivity (Wildman–Crippen MR) is 127 cm³/mol. The standard InChI is InChI=1S/C24H28N6O4/c25-10-4-3-7-18(26)22(32)29-20(13-31)23(33)27-15-8-9-19-14(11-15)12-30-21(28-19)16-5-1-2-6-17(16)24(30)34/h1-2,5-6,8-9,11,18,20,31H,3-4,7,10,12-13,25-26H2,(H,27,33)(H,29,32)/t18-,20+/m0/s1. The lowest BCUT2D eigenvalue weighted by atomic mass is 10.1. The number of rotatable bonds is 9. The number of carbonyl (C=O) groups is 3. The van der Waals surface area contributed by atoms with Crippen LogP contribution in [0.5, 0.6) is 0 Å². The molecule has 2 aromatic rings. The maximum atomic E-state index is 12.8. The number of amides is 3. The Morgan fingerprint density at radius 2 is 1.88 bits per heavy atom. The minimum Gasteiger partial charge on any atom is -0.394 e. The van der Waals surface area contributed by atoms with Crippen molar-refractivity contribution in [3.05, 3.63) is 59.2 Å². The van der Waals surface area contributed by atoms with E-state index in [0.29, 0.717) is 48.7 Å². The monoisotopic (exact) mass is 464 g/mol. The van der Waals surface area contributed by atoms with Crippen LogP contribution in [0.1, 0.15) is 40.7 Å². The second-order valence-electron chi connectivity index (χ2n) is 8.34. The van der Waals surface area contributed by atoms with Crippen LogP contribution in [0.4, 0.5) is 11.4 Å². The van der Waals surface area contributed by atoms with Crippen molar-refractivity contribution in [1.29, 1.82) is 0 Å². The number of nitrogens with zero attached hydrogens (tertiary/aromatic N) is 2. The summed E-state index contributed by atoms with van der Waals surface area (Å²) in [6, 6.07) is 10.6. The van der Waals surface area contributed by atoms with Crippen molar-refractivity contribution >= 4 is 34.9 Å². The molecule has 2 aromatic carbocycles. The van der Waals surface area contributed by atoms with Crippen molar-refractivity contribution in [2.45, 2.75) is 37.9 Å². The quantitative estimate of drug-likeness (QED) is 0.341. The van der Waals surface area contributed by atoms with Gasteiger partial charge < -0.3 is 27.2 Å². The van der Waals surface area contributed by atoms with E-state index >= 15 is 0 Å². The zero-order chi connectivity index (χ0) is 24.2. The minimum atomic E-state index is -1.15. The van der Waals surface area contributed by atoms with Gasteiger partial charge in [-0.1, -0.05) is 24.6 Å². The van der Waals surface area contributed by atoms with Crippen LogP contribution in [-0.4, -0.2) is 58.8 Å². The Labute approximate surface area is 197 Å². The zero-order valence-electron chi connectivity index (χ0n) is 18.7. The van der Waals surface area contributed by atoms with Gasteiger partial charge in [-0.3, -0.25) is 19.3 Å². The summed E-state index contributed by atoms with van der Waals surface area (Å²) in [4.78, 5) is 44.0. The lowest BCUT2D eigenvalue weighted by molar-refractivity contribution is -0.128. The summed E-state index contributed by atoms with van der Waals surface area (Å²) in [6.07, 6.45) is 1.89. The maximum absolute atomic E-state index is 12.8. The second-order valence-corrected chi connectivity index (χ2v) is 8.34. The van der Waals surface area contributed by atoms with E-state index < -0.39 is 30.5 Å². The third-order valence-electron chi connectivity index (χ3n) is 5.92. The number of aliphatic hydroxyl groups is 1. The third-order valence-corrected chi connectivity index (χ3v) is 5.92. The first-order valence-electron chi connectivity index (χ1n) is 11.2. The van der Waals surface area contributed by atoms with Crippen molar-refractivity contribution < 1.29 is 19.5 Å². The van der Waals surface area contributed by atoms with Gasteiger partial charge in [0.2, 0.25) is 11.8 Å². The first-order chi connectivity index (χ1) is 16.4. The van der Waals surface area contributed by atoms with Gasteiger partial charge in [-0.2, -0.15) is 0 Å². The Balaban J connectivity index is 1.43. The van der Waals surface area contributed by atoms with E-state index in [1.165, 1.54) is 0 Å². The molecule has 0 bridgehead atoms. The molecule has 178 valence electrons. The van der Waals surface area contributed by atoms with E-state index in [2.05, 4.69) is 15.6 Å². The van der Waals surface area contributed by atoms with Gasteiger partial charge in [0.1, 0.15) is 11.9 Å². The van der Waals surface area contributed by atoms with E-state index in [9.17, 15) is 19.5 Å². The van der Waals surface area contributed by atoms with E-state index in [0.717, 1.165) is 17.5 Å². The van der Waals surface area contributed by atoms with Gasteiger partial charge >= 0.3 is 0 Å². The van der Waals surface area contributed by atoms with E-state index in [1.54, 1.807) is 29.2 Å². The van der Waals surface area contributed by atoms with E-state index in [4.69, 9.17) is 11.5 Å². The molecule has 0 fully saturated rings. The Kier molecular flexibility index (Phi) is 7.01. The van der Waals surface area contributed by atoms with Crippen LogP contribution in [0, 0.1) is 0 Å². The van der Waals surface area contributed by atoms with Gasteiger partial charge in [-0.25, -0.2) is 4.99 Å². The number of carbonyl (C=O) groups excluding carboxylic acids is 3. The fourth-order valence-electron chi connectivity index (χ4n) is 4.04. The van der Waals surface area contributed by atoms with Gasteiger partial charge in [0.05, 0.1) is 30.4 Å². The SMILES string of the molecule is NCCCC[C@H](N)C(=O)N[C@H](CO)C(=O)Nc1ccc2c(c1)CN1C(=O)c3ccccc3C1=N2. The summed E-state index contributed by atoms with van der Waals surface area (Å²) >= 11 is 0. The van der Waals surface area contributed by atoms with Gasteiger partial charge in [0.15, 0.2) is 0 Å². The highest BCUT2D eigenvalue weighted by molar-refractivity contribution is 6.24. The number of aliphatic hydroxyl groups excluding tert-OH is 1. The molecule has 0 aliphatic carbocycles. The number of nitrogens with one attached hydrogen (secondary N) is 2. The fraction of sp³-hybridized carbons (Fsp3) is 0.333. The third kappa shape index (κ3) is 4.69. The van der Waals surface area contributed by atoms with Crippen molar-refractivity contribution in [1.82, 2.24) is 10.2 Å². The molecule has 7 N–H and O–H groups in total. The van der Waals surface area contributed by atoms with Crippen LogP contribution < -0.4 is 22.1 Å². The number of hydrogen-bond acceptors (Lipinski definition) is 7. The van der Waals surface area contributed by atoms with Gasteiger partial charge in [0.25, 0.3) is 5.91 Å². The van der Waals surface area contributed by atoms with Crippen LogP contribution in [-0.2, 0) is 16.1 Å². The maximum Gasteiger partial charge on any atom is 0.260 e. The average Bonchev–Trinajstić information content (AvgIpc) is 3.12. The highest BCUT2D eigenvalue weighted by atomic mass is 16.3. The smallest absolute Gasteiger partial charge is 0.260 e. The summed E-state index contributed by atoms with van der Waals surface area (Å²) in [5, 5.41) is 14.8. The highest BCUT2D eigenvalue weighted by Gasteiger charge is 2.36. The number of aliphatic imine (C=N–C) groups is 1. The molecule has 0 unspecified atom stereocenters. The Morgan fingerprint density at radius 1 is 1.12 bits per heavy atom. The molecule has 0 aromatic heterocycles. The second kappa shape index (κ2) is 10.1. The predicted octanol–water partition coefficient (Wildman–Crippen LogP) is 0.606. The summed E-state index contributed by atoms with van der Waals surface area (Å²) in [5.74, 6) is -0.573. The normalized spacial score (nSPS) is 15.6. The Bertz CT molecular complexity index is 1150. The average molecular weight is 465 g/mol. The molecular weight excluding hydrogens is 436 g/mol. The lowest BCUT2D eigenvalue weighted by Gasteiger charge is -2.24. The fourth-order valence-corrected chi connectivity index (χ4v) is 4.04. The van der Waals surface area contributed by atoms with Crippen LogP contribution in [0.25, 0.3) is 0 Å². The zero-order valence-corrected chi connectivity index (χ0v) is 18.7. The molecule has 0 saturated carbocycles. The summed E-state index contributed by atoms with van der Waals surface area (Å²) in [7, 11) is 0. The largest absolute Gasteiger partial charge is 0.394 e. The number of amidine groups is 1. The molecule has 0 spiro atoms. The Morgan fingerprint density at radius 3 is 2.62 bits per heavy atom. The van der Waals surface area contributed by atoms with Gasteiger partial charge in [-0.05, 0) is 49.2 Å². The summed E-state index contributed by atoms with van der Waals surface area (Å²) in [5.41, 5.74) is 14.7. The van der Waals surface area contributed by atoms with E-state index in [1.807, 2.05) is 18.2 Å². The molecule has 2 aliphatic heterocycles. The van der Waals surface area contributed by atoms with Crippen molar-refractivity contribution in [3.8, 4) is 0 Å². The first-order valence-corrected chi connectivity index (χ1v) is 11.2. The Hall–Kier alpha value is -3.60. The van der Waals surface area contributed by atoms with Gasteiger partial charge in [0, 0.05) is 11.3 Å². The molecule has 10 heteroatoms. The number of unbranched alkanes of at least 4 members (excludes halogenated alkanes) is 1. The van der Waals surface area contributed by atoms with Crippen LogP contribution in [0.2, 0.25) is 0 Å². The summed E-state index contributed by atoms with van der Waals surface area (Å²) in [6.45, 7) is 0.262. The topological polar surface area (TPSA) is 163 Å². The number of anilines is 1. The molecule has 2 atom stereocenters. The molecule has 4 rings (SSSR count). The van der Waals surface area contributed by atoms with Crippen LogP contribution in [0.3, 0.4) is 0 Å². The number of nitrogens with two attached hydrogens (primary N) is 2. The molecule has 10 nitrogen and oxygen atoms in total. The highest BCUT2D eigenvalue weighted by Crippen LogP contribution is 2.35. The van der Waals surface area contributed by atoms with Crippen molar-refractivity contribution in [2.75, 3.05) is 18.5 Å². The van der Waals surface area contributed by atoms with E-state index in [-0.39, 0.29) is 5.91 Å². The molecule has 2 heterocycles. The van der Waals surface area contributed by atoms with Crippen molar-refractivity contribution in [3.63, 3.8) is 0 Å². The molecular formula is C24H28N6O4. The first kappa shape index (κ1) is 23.6. The number of fused-ring (bicyclic) bond motifs is 4. The summed E-state index contributed by atoms with van der Waals surface area (Å²) < 4.78 is 0. The molecule has 3 amide bonds. The molecule has 0 saturated heterocycles. The molecule has 34 heavy (non-hydrogen) atoms. The molecule has 2 aliphatic rings. The lowest BCUT2D eigenvalue weighted by Crippen LogP contribution is -2.51. The number of benzene rings is 2. The van der Waals surface area contributed by atoms with Crippen molar-refractivity contribution in [2.24, 2.45) is 16.5 Å². The molecule has 0 radical (unpaired) electrons. The number of hydrogen-bond donors (Lipinski definition) is 5. The van der Waals surface area contributed by atoms with Crippen LogP contribution >= 0.6 is 0 Å².